The molecule has 0 heterocycles. The van der Waals surface area contributed by atoms with Gasteiger partial charge in [-0.1, -0.05) is 18.2 Å². The van der Waals surface area contributed by atoms with Gasteiger partial charge in [-0.15, -0.1) is 0 Å². The molecule has 0 amide bonds. The third-order valence-corrected chi connectivity index (χ3v) is 4.04. The molecule has 0 saturated carbocycles. The second-order valence-electron chi connectivity index (χ2n) is 4.50. The first-order valence-electron chi connectivity index (χ1n) is 5.58. The summed E-state index contributed by atoms with van der Waals surface area (Å²) in [4.78, 5) is 0. The summed E-state index contributed by atoms with van der Waals surface area (Å²) in [5.74, 6) is -0.621. The van der Waals surface area contributed by atoms with E-state index < -0.39 is 21.1 Å². The lowest BCUT2D eigenvalue weighted by Gasteiger charge is -2.31. The Kier molecular flexibility index (Phi) is 4.84. The number of benzene rings is 1. The molecular weight excluding hydrogens is 257 g/mol. The summed E-state index contributed by atoms with van der Waals surface area (Å²) in [6.45, 7) is -0.403. The fraction of sp³-hybridized carbons (Fsp3) is 0.500. The molecule has 102 valence electrons. The standard InChI is InChI=1S/C12H18FNO3S/c1-18(16,17)7-6-12(8-14,9-15)10-4-2-3-5-11(10)13/h2-5,15H,6-9,14H2,1H3. The van der Waals surface area contributed by atoms with Crippen LogP contribution in [-0.4, -0.2) is 38.7 Å². The van der Waals surface area contributed by atoms with Crippen LogP contribution >= 0.6 is 0 Å². The summed E-state index contributed by atoms with van der Waals surface area (Å²) in [6.07, 6.45) is 1.20. The molecule has 1 aromatic carbocycles. The minimum atomic E-state index is -3.19. The van der Waals surface area contributed by atoms with Gasteiger partial charge in [0.1, 0.15) is 15.7 Å². The monoisotopic (exact) mass is 275 g/mol. The Bertz CT molecular complexity index is 498. The maximum Gasteiger partial charge on any atom is 0.147 e. The minimum absolute atomic E-state index is 0.0139. The highest BCUT2D eigenvalue weighted by atomic mass is 32.2. The molecule has 1 rings (SSSR count). The van der Waals surface area contributed by atoms with Gasteiger partial charge in [0.25, 0.3) is 0 Å². The summed E-state index contributed by atoms with van der Waals surface area (Å²) < 4.78 is 36.2. The van der Waals surface area contributed by atoms with Crippen LogP contribution in [0.3, 0.4) is 0 Å². The van der Waals surface area contributed by atoms with E-state index in [2.05, 4.69) is 0 Å². The fourth-order valence-electron chi connectivity index (χ4n) is 1.85. The molecule has 0 aliphatic heterocycles. The maximum atomic E-state index is 13.8. The minimum Gasteiger partial charge on any atom is -0.395 e. The molecule has 0 saturated heterocycles. The van der Waals surface area contributed by atoms with Gasteiger partial charge in [0.2, 0.25) is 0 Å². The van der Waals surface area contributed by atoms with Crippen LogP contribution in [0.1, 0.15) is 12.0 Å². The van der Waals surface area contributed by atoms with Gasteiger partial charge in [-0.05, 0) is 18.1 Å². The van der Waals surface area contributed by atoms with Crippen molar-refractivity contribution in [1.82, 2.24) is 0 Å². The number of rotatable bonds is 6. The lowest BCUT2D eigenvalue weighted by Crippen LogP contribution is -2.41. The van der Waals surface area contributed by atoms with Crippen molar-refractivity contribution in [2.24, 2.45) is 5.73 Å². The Labute approximate surface area is 107 Å². The third-order valence-electron chi connectivity index (χ3n) is 3.09. The van der Waals surface area contributed by atoms with Crippen LogP contribution in [0.2, 0.25) is 0 Å². The first kappa shape index (κ1) is 15.1. The van der Waals surface area contributed by atoms with Crippen LogP contribution in [0.25, 0.3) is 0 Å². The normalized spacial score (nSPS) is 15.3. The maximum absolute atomic E-state index is 13.8. The Morgan fingerprint density at radius 1 is 1.39 bits per heavy atom. The highest BCUT2D eigenvalue weighted by molar-refractivity contribution is 7.90. The van der Waals surface area contributed by atoms with E-state index in [1.54, 1.807) is 6.07 Å². The van der Waals surface area contributed by atoms with Gasteiger partial charge in [-0.2, -0.15) is 0 Å². The van der Waals surface area contributed by atoms with Gasteiger partial charge in [0.15, 0.2) is 0 Å². The number of sulfone groups is 1. The molecular formula is C12H18FNO3S. The van der Waals surface area contributed by atoms with Crippen molar-refractivity contribution in [3.63, 3.8) is 0 Å². The summed E-state index contributed by atoms with van der Waals surface area (Å²) in [6, 6.07) is 5.98. The molecule has 18 heavy (non-hydrogen) atoms. The average molecular weight is 275 g/mol. The predicted molar refractivity (Wildman–Crippen MR) is 68.5 cm³/mol. The number of hydrogen-bond acceptors (Lipinski definition) is 4. The first-order chi connectivity index (χ1) is 8.34. The average Bonchev–Trinajstić information content (AvgIpc) is 2.31. The van der Waals surface area contributed by atoms with Crippen LogP contribution in [0.4, 0.5) is 4.39 Å². The smallest absolute Gasteiger partial charge is 0.147 e. The van der Waals surface area contributed by atoms with Crippen LogP contribution in [0, 0.1) is 5.82 Å². The van der Waals surface area contributed by atoms with Gasteiger partial charge < -0.3 is 10.8 Å². The van der Waals surface area contributed by atoms with Crippen molar-refractivity contribution >= 4 is 9.84 Å². The van der Waals surface area contributed by atoms with E-state index in [4.69, 9.17) is 5.73 Å². The highest BCUT2D eigenvalue weighted by Crippen LogP contribution is 2.29. The van der Waals surface area contributed by atoms with E-state index in [9.17, 15) is 17.9 Å². The fourth-order valence-corrected chi connectivity index (χ4v) is 2.61. The second kappa shape index (κ2) is 5.77. The molecule has 0 fully saturated rings. The van der Waals surface area contributed by atoms with Crippen molar-refractivity contribution in [1.29, 1.82) is 0 Å². The molecule has 6 heteroatoms. The summed E-state index contributed by atoms with van der Waals surface area (Å²) in [5, 5.41) is 9.51. The largest absolute Gasteiger partial charge is 0.395 e. The third kappa shape index (κ3) is 3.51. The Hall–Kier alpha value is -0.980. The van der Waals surface area contributed by atoms with Gasteiger partial charge >= 0.3 is 0 Å². The zero-order valence-corrected chi connectivity index (χ0v) is 11.1. The SMILES string of the molecule is CS(=O)(=O)CCC(CN)(CO)c1ccccc1F. The molecule has 0 spiro atoms. The molecule has 1 aromatic rings. The molecule has 0 bridgehead atoms. The van der Waals surface area contributed by atoms with Gasteiger partial charge in [0, 0.05) is 18.2 Å². The lowest BCUT2D eigenvalue weighted by molar-refractivity contribution is 0.189. The number of hydrogen-bond donors (Lipinski definition) is 2. The van der Waals surface area contributed by atoms with Gasteiger partial charge in [0.05, 0.1) is 12.4 Å². The quantitative estimate of drug-likeness (QED) is 0.790. The molecule has 0 aliphatic rings. The van der Waals surface area contributed by atoms with Crippen molar-refractivity contribution in [2.75, 3.05) is 25.2 Å². The van der Waals surface area contributed by atoms with Crippen molar-refractivity contribution in [3.8, 4) is 0 Å². The lowest BCUT2D eigenvalue weighted by atomic mass is 9.78. The molecule has 1 atom stereocenters. The number of nitrogens with two attached hydrogens (primary N) is 1. The zero-order valence-electron chi connectivity index (χ0n) is 10.3. The Morgan fingerprint density at radius 3 is 2.44 bits per heavy atom. The predicted octanol–water partition coefficient (Wildman–Crippen LogP) is 0.449. The van der Waals surface area contributed by atoms with Gasteiger partial charge in [-0.3, -0.25) is 0 Å². The molecule has 4 nitrogen and oxygen atoms in total. The Balaban J connectivity index is 3.11. The van der Waals surface area contributed by atoms with E-state index >= 15 is 0 Å². The van der Waals surface area contributed by atoms with E-state index in [0.717, 1.165) is 6.26 Å². The van der Waals surface area contributed by atoms with E-state index in [1.165, 1.54) is 18.2 Å². The van der Waals surface area contributed by atoms with Crippen molar-refractivity contribution in [3.05, 3.63) is 35.6 Å². The second-order valence-corrected chi connectivity index (χ2v) is 6.76. The van der Waals surface area contributed by atoms with E-state index in [1.807, 2.05) is 0 Å². The van der Waals surface area contributed by atoms with Gasteiger partial charge in [-0.25, -0.2) is 12.8 Å². The summed E-state index contributed by atoms with van der Waals surface area (Å²) in [7, 11) is -3.19. The molecule has 0 radical (unpaired) electrons. The van der Waals surface area contributed by atoms with E-state index in [-0.39, 0.29) is 30.9 Å². The highest BCUT2D eigenvalue weighted by Gasteiger charge is 2.33. The summed E-state index contributed by atoms with van der Waals surface area (Å²) >= 11 is 0. The van der Waals surface area contributed by atoms with Crippen molar-refractivity contribution in [2.45, 2.75) is 11.8 Å². The first-order valence-corrected chi connectivity index (χ1v) is 7.64. The van der Waals surface area contributed by atoms with Crippen molar-refractivity contribution < 1.29 is 17.9 Å². The summed E-state index contributed by atoms with van der Waals surface area (Å²) in [5.41, 5.74) is 4.84. The number of aliphatic hydroxyl groups excluding tert-OH is 1. The van der Waals surface area contributed by atoms with Crippen LogP contribution in [-0.2, 0) is 15.3 Å². The molecule has 0 aliphatic carbocycles. The number of aliphatic hydroxyl groups is 1. The Morgan fingerprint density at radius 2 is 2.00 bits per heavy atom. The molecule has 1 unspecified atom stereocenters. The van der Waals surface area contributed by atoms with Crippen LogP contribution in [0.5, 0.6) is 0 Å². The zero-order chi connectivity index (χ0) is 13.8. The van der Waals surface area contributed by atoms with Crippen LogP contribution < -0.4 is 5.73 Å². The number of halogens is 1. The topological polar surface area (TPSA) is 80.4 Å². The van der Waals surface area contributed by atoms with Crippen LogP contribution in [0.15, 0.2) is 24.3 Å². The van der Waals surface area contributed by atoms with E-state index in [0.29, 0.717) is 0 Å². The molecule has 0 aromatic heterocycles. The molecule has 3 N–H and O–H groups in total.